The fourth-order valence-corrected chi connectivity index (χ4v) is 3.60. The van der Waals surface area contributed by atoms with Gasteiger partial charge in [0.2, 0.25) is 0 Å². The van der Waals surface area contributed by atoms with Crippen LogP contribution in [0.3, 0.4) is 0 Å². The minimum absolute atomic E-state index is 0.145. The first-order valence-corrected chi connectivity index (χ1v) is 9.00. The van der Waals surface area contributed by atoms with Crippen LogP contribution in [0.4, 0.5) is 0 Å². The first-order chi connectivity index (χ1) is 13.0. The average molecular weight is 359 g/mol. The molecule has 0 fully saturated rings. The van der Waals surface area contributed by atoms with Crippen molar-refractivity contribution < 1.29 is 4.79 Å². The van der Waals surface area contributed by atoms with Gasteiger partial charge < -0.3 is 15.3 Å². The molecule has 4 aromatic rings. The van der Waals surface area contributed by atoms with Gasteiger partial charge in [-0.05, 0) is 55.0 Å². The van der Waals surface area contributed by atoms with Crippen LogP contribution in [0.25, 0.3) is 21.8 Å². The van der Waals surface area contributed by atoms with Gasteiger partial charge in [-0.3, -0.25) is 9.59 Å². The molecule has 0 saturated carbocycles. The molecular weight excluding hydrogens is 338 g/mol. The molecule has 0 aliphatic heterocycles. The van der Waals surface area contributed by atoms with Gasteiger partial charge in [0, 0.05) is 23.6 Å². The van der Waals surface area contributed by atoms with E-state index in [0.29, 0.717) is 13.0 Å². The molecule has 0 bridgehead atoms. The van der Waals surface area contributed by atoms with Crippen LogP contribution in [0.15, 0.2) is 53.5 Å². The molecule has 27 heavy (non-hydrogen) atoms. The van der Waals surface area contributed by atoms with E-state index in [4.69, 9.17) is 0 Å². The summed E-state index contributed by atoms with van der Waals surface area (Å²) in [5.41, 5.74) is 4.87. The standard InChI is InChI=1S/C22H21N3O2/c1-13-9-14(2)20-16(10-13)11-18(22(27)25-20)21(26)23-8-7-15-12-24-19-6-4-3-5-17(15)19/h3-6,9-12,24H,7-8H2,1-2H3,(H,23,26)(H,25,27). The van der Waals surface area contributed by atoms with Crippen molar-refractivity contribution >= 4 is 27.7 Å². The number of pyridine rings is 1. The highest BCUT2D eigenvalue weighted by Gasteiger charge is 2.13. The number of nitrogens with one attached hydrogen (secondary N) is 3. The molecule has 136 valence electrons. The number of carbonyl (C=O) groups excluding carboxylic acids is 1. The molecule has 5 heteroatoms. The van der Waals surface area contributed by atoms with Crippen molar-refractivity contribution in [3.05, 3.63) is 81.3 Å². The maximum atomic E-state index is 12.5. The van der Waals surface area contributed by atoms with Gasteiger partial charge in [-0.2, -0.15) is 0 Å². The Bertz CT molecular complexity index is 1220. The quantitative estimate of drug-likeness (QED) is 0.521. The Morgan fingerprint density at radius 1 is 1.11 bits per heavy atom. The molecule has 0 spiro atoms. The van der Waals surface area contributed by atoms with Crippen molar-refractivity contribution in [2.75, 3.05) is 6.54 Å². The molecule has 0 unspecified atom stereocenters. The molecule has 0 aliphatic carbocycles. The highest BCUT2D eigenvalue weighted by Crippen LogP contribution is 2.19. The summed E-state index contributed by atoms with van der Waals surface area (Å²) < 4.78 is 0. The van der Waals surface area contributed by atoms with Gasteiger partial charge in [0.1, 0.15) is 5.56 Å². The number of aromatic nitrogens is 2. The Balaban J connectivity index is 1.53. The lowest BCUT2D eigenvalue weighted by Gasteiger charge is -2.08. The fourth-order valence-electron chi connectivity index (χ4n) is 3.60. The molecular formula is C22H21N3O2. The third-order valence-corrected chi connectivity index (χ3v) is 4.89. The average Bonchev–Trinajstić information content (AvgIpc) is 3.05. The van der Waals surface area contributed by atoms with Gasteiger partial charge in [-0.15, -0.1) is 0 Å². The molecule has 5 nitrogen and oxygen atoms in total. The number of hydrogen-bond acceptors (Lipinski definition) is 2. The van der Waals surface area contributed by atoms with Gasteiger partial charge in [0.05, 0.1) is 5.52 Å². The minimum Gasteiger partial charge on any atom is -0.361 e. The van der Waals surface area contributed by atoms with Crippen LogP contribution in [0.2, 0.25) is 0 Å². The van der Waals surface area contributed by atoms with Crippen LogP contribution in [0.5, 0.6) is 0 Å². The Morgan fingerprint density at radius 2 is 1.93 bits per heavy atom. The molecule has 0 saturated heterocycles. The second-order valence-corrected chi connectivity index (χ2v) is 6.92. The number of rotatable bonds is 4. The molecule has 0 aliphatic rings. The summed E-state index contributed by atoms with van der Waals surface area (Å²) in [7, 11) is 0. The number of amides is 1. The maximum Gasteiger partial charge on any atom is 0.261 e. The zero-order chi connectivity index (χ0) is 19.0. The van der Waals surface area contributed by atoms with E-state index in [2.05, 4.69) is 21.4 Å². The number of aryl methyl sites for hydroxylation is 2. The summed E-state index contributed by atoms with van der Waals surface area (Å²) in [4.78, 5) is 31.0. The molecule has 3 N–H and O–H groups in total. The van der Waals surface area contributed by atoms with E-state index in [-0.39, 0.29) is 17.0 Å². The highest BCUT2D eigenvalue weighted by atomic mass is 16.2. The number of aromatic amines is 2. The zero-order valence-electron chi connectivity index (χ0n) is 15.3. The number of fused-ring (bicyclic) bond motifs is 2. The van der Waals surface area contributed by atoms with Crippen LogP contribution in [0.1, 0.15) is 27.0 Å². The smallest absolute Gasteiger partial charge is 0.261 e. The van der Waals surface area contributed by atoms with Crippen LogP contribution in [-0.2, 0) is 6.42 Å². The summed E-state index contributed by atoms with van der Waals surface area (Å²) in [6.07, 6.45) is 2.66. The molecule has 0 atom stereocenters. The number of H-pyrrole nitrogens is 2. The number of para-hydroxylation sites is 1. The summed E-state index contributed by atoms with van der Waals surface area (Å²) in [6.45, 7) is 4.41. The zero-order valence-corrected chi connectivity index (χ0v) is 15.3. The maximum absolute atomic E-state index is 12.5. The van der Waals surface area contributed by atoms with E-state index >= 15 is 0 Å². The van der Waals surface area contributed by atoms with Crippen LogP contribution in [0, 0.1) is 13.8 Å². The van der Waals surface area contributed by atoms with Crippen LogP contribution >= 0.6 is 0 Å². The van der Waals surface area contributed by atoms with Gasteiger partial charge in [0.25, 0.3) is 11.5 Å². The van der Waals surface area contributed by atoms with Crippen LogP contribution in [-0.4, -0.2) is 22.4 Å². The summed E-state index contributed by atoms with van der Waals surface area (Å²) >= 11 is 0. The van der Waals surface area contributed by atoms with Gasteiger partial charge in [-0.1, -0.05) is 29.8 Å². The molecule has 2 heterocycles. The topological polar surface area (TPSA) is 77.8 Å². The lowest BCUT2D eigenvalue weighted by Crippen LogP contribution is -2.31. The largest absolute Gasteiger partial charge is 0.361 e. The Labute approximate surface area is 156 Å². The first kappa shape index (κ1) is 17.1. The SMILES string of the molecule is Cc1cc(C)c2[nH]c(=O)c(C(=O)NCCc3c[nH]c4ccccc34)cc2c1. The van der Waals surface area contributed by atoms with Crippen molar-refractivity contribution in [3.63, 3.8) is 0 Å². The fraction of sp³-hybridized carbons (Fsp3) is 0.182. The minimum atomic E-state index is -0.362. The van der Waals surface area contributed by atoms with Crippen LogP contribution < -0.4 is 10.9 Å². The summed E-state index contributed by atoms with van der Waals surface area (Å²) in [5.74, 6) is -0.350. The molecule has 2 aromatic heterocycles. The first-order valence-electron chi connectivity index (χ1n) is 9.00. The monoisotopic (exact) mass is 359 g/mol. The van der Waals surface area contributed by atoms with Crippen molar-refractivity contribution in [3.8, 4) is 0 Å². The van der Waals surface area contributed by atoms with E-state index in [1.807, 2.05) is 50.4 Å². The third kappa shape index (κ3) is 3.24. The van der Waals surface area contributed by atoms with Gasteiger partial charge in [-0.25, -0.2) is 0 Å². The van der Waals surface area contributed by atoms with Crippen molar-refractivity contribution in [2.24, 2.45) is 0 Å². The Kier molecular flexibility index (Phi) is 4.28. The highest BCUT2D eigenvalue weighted by molar-refractivity contribution is 5.97. The van der Waals surface area contributed by atoms with E-state index in [1.165, 1.54) is 0 Å². The Morgan fingerprint density at radius 3 is 2.78 bits per heavy atom. The second kappa shape index (κ2) is 6.76. The lowest BCUT2D eigenvalue weighted by atomic mass is 10.0. The number of benzene rings is 2. The van der Waals surface area contributed by atoms with Crippen molar-refractivity contribution in [1.82, 2.24) is 15.3 Å². The van der Waals surface area contributed by atoms with Gasteiger partial charge >= 0.3 is 0 Å². The Hall–Kier alpha value is -3.34. The summed E-state index contributed by atoms with van der Waals surface area (Å²) in [6, 6.07) is 13.7. The summed E-state index contributed by atoms with van der Waals surface area (Å²) in [5, 5.41) is 4.89. The van der Waals surface area contributed by atoms with Crippen molar-refractivity contribution in [2.45, 2.75) is 20.3 Å². The van der Waals surface area contributed by atoms with E-state index in [0.717, 1.165) is 38.5 Å². The number of carbonyl (C=O) groups is 1. The molecule has 2 aromatic carbocycles. The predicted octanol–water partition coefficient (Wildman–Crippen LogP) is 3.60. The molecule has 4 rings (SSSR count). The predicted molar refractivity (Wildman–Crippen MR) is 108 cm³/mol. The van der Waals surface area contributed by atoms with Gasteiger partial charge in [0.15, 0.2) is 0 Å². The third-order valence-electron chi connectivity index (χ3n) is 4.89. The van der Waals surface area contributed by atoms with E-state index < -0.39 is 0 Å². The molecule has 1 amide bonds. The van der Waals surface area contributed by atoms with E-state index in [9.17, 15) is 9.59 Å². The van der Waals surface area contributed by atoms with E-state index in [1.54, 1.807) is 6.07 Å². The molecule has 0 radical (unpaired) electrons. The lowest BCUT2D eigenvalue weighted by molar-refractivity contribution is 0.0953. The normalized spacial score (nSPS) is 11.2. The second-order valence-electron chi connectivity index (χ2n) is 6.92. The number of hydrogen-bond donors (Lipinski definition) is 3. The van der Waals surface area contributed by atoms with Crippen molar-refractivity contribution in [1.29, 1.82) is 0 Å².